The molecule has 2 N–H and O–H groups in total. The van der Waals surface area contributed by atoms with E-state index in [1.165, 1.54) is 24.9 Å². The maximum Gasteiger partial charge on any atom is 0.273 e. The first kappa shape index (κ1) is 19.2. The fraction of sp³-hybridized carbons (Fsp3) is 0.222. The SMILES string of the molecule is COc1ccc(Cl)cc1C(=O)NNC(=O)CSc1ccc2c(c1)OCCO2. The molecule has 0 unspecified atom stereocenters. The molecule has 7 nitrogen and oxygen atoms in total. The monoisotopic (exact) mass is 408 g/mol. The number of hydrogen-bond donors (Lipinski definition) is 2. The number of fused-ring (bicyclic) bond motifs is 1. The Labute approximate surface area is 165 Å². The molecule has 27 heavy (non-hydrogen) atoms. The molecule has 0 aliphatic carbocycles. The summed E-state index contributed by atoms with van der Waals surface area (Å²) in [5.74, 6) is 0.950. The Balaban J connectivity index is 1.51. The van der Waals surface area contributed by atoms with E-state index in [-0.39, 0.29) is 17.2 Å². The summed E-state index contributed by atoms with van der Waals surface area (Å²) in [6.07, 6.45) is 0. The topological polar surface area (TPSA) is 85.9 Å². The molecule has 0 aromatic heterocycles. The largest absolute Gasteiger partial charge is 0.496 e. The van der Waals surface area contributed by atoms with Gasteiger partial charge < -0.3 is 14.2 Å². The van der Waals surface area contributed by atoms with E-state index in [2.05, 4.69) is 10.9 Å². The molecule has 1 aliphatic rings. The lowest BCUT2D eigenvalue weighted by Gasteiger charge is -2.18. The Morgan fingerprint density at radius 1 is 1.11 bits per heavy atom. The van der Waals surface area contributed by atoms with Gasteiger partial charge in [-0.05, 0) is 36.4 Å². The van der Waals surface area contributed by atoms with Crippen molar-refractivity contribution in [1.82, 2.24) is 10.9 Å². The highest BCUT2D eigenvalue weighted by molar-refractivity contribution is 8.00. The number of hydrazine groups is 1. The molecule has 1 aliphatic heterocycles. The predicted octanol–water partition coefficient (Wildman–Crippen LogP) is 2.67. The van der Waals surface area contributed by atoms with Crippen LogP contribution in [0.3, 0.4) is 0 Å². The normalized spacial score (nSPS) is 12.2. The molecule has 2 aromatic rings. The number of methoxy groups -OCH3 is 1. The molecule has 2 amide bonds. The van der Waals surface area contributed by atoms with E-state index in [1.807, 2.05) is 18.2 Å². The van der Waals surface area contributed by atoms with Gasteiger partial charge in [-0.25, -0.2) is 0 Å². The number of carbonyl (C=O) groups is 2. The van der Waals surface area contributed by atoms with Crippen LogP contribution in [0.5, 0.6) is 17.2 Å². The van der Waals surface area contributed by atoms with Crippen LogP contribution < -0.4 is 25.1 Å². The Kier molecular flexibility index (Phi) is 6.31. The standard InChI is InChI=1S/C18H17ClN2O5S/c1-24-14-4-2-11(19)8-13(14)18(23)21-20-17(22)10-27-12-3-5-15-16(9-12)26-7-6-25-15/h2-5,8-9H,6-7,10H2,1H3,(H,20,22)(H,21,23). The quantitative estimate of drug-likeness (QED) is 0.584. The molecule has 1 heterocycles. The summed E-state index contributed by atoms with van der Waals surface area (Å²) < 4.78 is 16.1. The van der Waals surface area contributed by atoms with E-state index >= 15 is 0 Å². The third-order valence-corrected chi connectivity index (χ3v) is 4.83. The zero-order chi connectivity index (χ0) is 19.2. The van der Waals surface area contributed by atoms with Gasteiger partial charge in [0.15, 0.2) is 11.5 Å². The van der Waals surface area contributed by atoms with E-state index in [0.717, 1.165) is 4.90 Å². The van der Waals surface area contributed by atoms with Crippen molar-refractivity contribution in [3.8, 4) is 17.2 Å². The highest BCUT2D eigenvalue weighted by Crippen LogP contribution is 2.34. The molecule has 142 valence electrons. The highest BCUT2D eigenvalue weighted by atomic mass is 35.5. The molecular formula is C18H17ClN2O5S. The number of rotatable bonds is 5. The Bertz CT molecular complexity index is 862. The summed E-state index contributed by atoms with van der Waals surface area (Å²) >= 11 is 7.22. The maximum atomic E-state index is 12.2. The minimum absolute atomic E-state index is 0.118. The van der Waals surface area contributed by atoms with Crippen molar-refractivity contribution in [1.29, 1.82) is 0 Å². The summed E-state index contributed by atoms with van der Waals surface area (Å²) in [7, 11) is 1.45. The lowest BCUT2D eigenvalue weighted by atomic mass is 10.2. The number of amides is 2. The molecule has 0 fully saturated rings. The zero-order valence-corrected chi connectivity index (χ0v) is 16.0. The second kappa shape index (κ2) is 8.88. The molecule has 0 spiro atoms. The van der Waals surface area contributed by atoms with Crippen LogP contribution in [0.2, 0.25) is 5.02 Å². The minimum atomic E-state index is -0.521. The molecule has 2 aromatic carbocycles. The number of nitrogens with one attached hydrogen (secondary N) is 2. The predicted molar refractivity (Wildman–Crippen MR) is 102 cm³/mol. The number of carbonyl (C=O) groups excluding carboxylic acids is 2. The van der Waals surface area contributed by atoms with Gasteiger partial charge >= 0.3 is 0 Å². The molecule has 0 atom stereocenters. The average Bonchev–Trinajstić information content (AvgIpc) is 2.70. The van der Waals surface area contributed by atoms with Crippen LogP contribution in [-0.2, 0) is 4.79 Å². The van der Waals surface area contributed by atoms with Crippen LogP contribution in [0, 0.1) is 0 Å². The summed E-state index contributed by atoms with van der Waals surface area (Å²) in [4.78, 5) is 25.1. The number of hydrogen-bond acceptors (Lipinski definition) is 6. The molecule has 0 bridgehead atoms. The number of benzene rings is 2. The lowest BCUT2D eigenvalue weighted by Crippen LogP contribution is -2.42. The summed E-state index contributed by atoms with van der Waals surface area (Å²) in [5, 5.41) is 0.390. The van der Waals surface area contributed by atoms with Crippen LogP contribution in [0.15, 0.2) is 41.3 Å². The Morgan fingerprint density at radius 2 is 1.89 bits per heavy atom. The first-order valence-corrected chi connectivity index (χ1v) is 9.38. The van der Waals surface area contributed by atoms with Gasteiger partial charge in [0.2, 0.25) is 5.91 Å². The Hall–Kier alpha value is -2.58. The van der Waals surface area contributed by atoms with Crippen molar-refractivity contribution >= 4 is 35.2 Å². The fourth-order valence-electron chi connectivity index (χ4n) is 2.35. The third-order valence-electron chi connectivity index (χ3n) is 3.61. The van der Waals surface area contributed by atoms with Crippen LogP contribution in [-0.4, -0.2) is 37.9 Å². The van der Waals surface area contributed by atoms with E-state index in [1.54, 1.807) is 12.1 Å². The van der Waals surface area contributed by atoms with Gasteiger partial charge in [-0.1, -0.05) is 11.6 Å². The van der Waals surface area contributed by atoms with Gasteiger partial charge in [0.25, 0.3) is 5.91 Å². The van der Waals surface area contributed by atoms with Crippen molar-refractivity contribution in [2.45, 2.75) is 4.90 Å². The number of ether oxygens (including phenoxy) is 3. The molecule has 3 rings (SSSR count). The summed E-state index contributed by atoms with van der Waals surface area (Å²) in [6.45, 7) is 1.03. The Morgan fingerprint density at radius 3 is 2.67 bits per heavy atom. The summed E-state index contributed by atoms with van der Waals surface area (Å²) in [6, 6.07) is 10.1. The first-order chi connectivity index (χ1) is 13.1. The van der Waals surface area contributed by atoms with E-state index in [4.69, 9.17) is 25.8 Å². The summed E-state index contributed by atoms with van der Waals surface area (Å²) in [5.41, 5.74) is 4.95. The van der Waals surface area contributed by atoms with Crippen LogP contribution in [0.1, 0.15) is 10.4 Å². The van der Waals surface area contributed by atoms with Crippen LogP contribution >= 0.6 is 23.4 Å². The van der Waals surface area contributed by atoms with Crippen molar-refractivity contribution in [3.63, 3.8) is 0 Å². The van der Waals surface area contributed by atoms with Crippen molar-refractivity contribution in [2.75, 3.05) is 26.1 Å². The highest BCUT2D eigenvalue weighted by Gasteiger charge is 2.15. The maximum absolute atomic E-state index is 12.2. The van der Waals surface area contributed by atoms with Crippen molar-refractivity contribution in [3.05, 3.63) is 47.0 Å². The van der Waals surface area contributed by atoms with E-state index in [0.29, 0.717) is 35.5 Å². The smallest absolute Gasteiger partial charge is 0.273 e. The van der Waals surface area contributed by atoms with Crippen molar-refractivity contribution < 1.29 is 23.8 Å². The average molecular weight is 409 g/mol. The van der Waals surface area contributed by atoms with Crippen LogP contribution in [0.4, 0.5) is 0 Å². The molecule has 9 heteroatoms. The van der Waals surface area contributed by atoms with Gasteiger partial charge in [0.05, 0.1) is 18.4 Å². The zero-order valence-electron chi connectivity index (χ0n) is 14.4. The van der Waals surface area contributed by atoms with Gasteiger partial charge in [-0.2, -0.15) is 0 Å². The van der Waals surface area contributed by atoms with Gasteiger partial charge in [0.1, 0.15) is 19.0 Å². The second-order valence-corrected chi connectivity index (χ2v) is 6.93. The van der Waals surface area contributed by atoms with Crippen molar-refractivity contribution in [2.24, 2.45) is 0 Å². The number of halogens is 1. The fourth-order valence-corrected chi connectivity index (χ4v) is 3.25. The first-order valence-electron chi connectivity index (χ1n) is 8.02. The minimum Gasteiger partial charge on any atom is -0.496 e. The second-order valence-electron chi connectivity index (χ2n) is 5.44. The van der Waals surface area contributed by atoms with E-state index < -0.39 is 5.91 Å². The third kappa shape index (κ3) is 4.99. The van der Waals surface area contributed by atoms with Gasteiger partial charge in [-0.3, -0.25) is 20.4 Å². The molecular weight excluding hydrogens is 392 g/mol. The molecule has 0 radical (unpaired) electrons. The molecule has 0 saturated heterocycles. The van der Waals surface area contributed by atoms with Gasteiger partial charge in [0, 0.05) is 9.92 Å². The molecule has 0 saturated carbocycles. The van der Waals surface area contributed by atoms with Gasteiger partial charge in [-0.15, -0.1) is 11.8 Å². The van der Waals surface area contributed by atoms with Crippen LogP contribution in [0.25, 0.3) is 0 Å². The van der Waals surface area contributed by atoms with E-state index in [9.17, 15) is 9.59 Å². The lowest BCUT2D eigenvalue weighted by molar-refractivity contribution is -0.119. The number of thioether (sulfide) groups is 1.